The minimum atomic E-state index is -4.42. The number of rotatable bonds is 3. The molecule has 3 N–H and O–H groups in total. The number of hydrogen-bond acceptors (Lipinski definition) is 4. The lowest BCUT2D eigenvalue weighted by Crippen LogP contribution is -2.36. The number of benzene rings is 1. The standard InChI is InChI=1S/C12H9F3N2O2/c13-12(14,15)7-3-1-2-6(4-7)5-17-9-8(16)10(18)11(9)19/h1-4,17H,5,16H2. The second-order valence-electron chi connectivity index (χ2n) is 4.00. The number of hydrogen-bond donors (Lipinski definition) is 2. The Kier molecular flexibility index (Phi) is 3.05. The average Bonchev–Trinajstić information content (AvgIpc) is 2.37. The molecule has 0 fully saturated rings. The zero-order chi connectivity index (χ0) is 14.2. The van der Waals surface area contributed by atoms with Gasteiger partial charge in [0, 0.05) is 6.54 Å². The molecule has 0 saturated carbocycles. The van der Waals surface area contributed by atoms with Crippen LogP contribution < -0.4 is 21.9 Å². The van der Waals surface area contributed by atoms with Crippen LogP contribution in [0.1, 0.15) is 11.1 Å². The molecular formula is C12H9F3N2O2. The van der Waals surface area contributed by atoms with Gasteiger partial charge in [-0.15, -0.1) is 0 Å². The number of nitrogens with two attached hydrogens (primary N) is 1. The van der Waals surface area contributed by atoms with Crippen molar-refractivity contribution in [2.45, 2.75) is 12.7 Å². The number of nitrogens with one attached hydrogen (secondary N) is 1. The molecule has 0 atom stereocenters. The molecule has 0 bridgehead atoms. The summed E-state index contributed by atoms with van der Waals surface area (Å²) >= 11 is 0. The lowest BCUT2D eigenvalue weighted by Gasteiger charge is -2.11. The van der Waals surface area contributed by atoms with Gasteiger partial charge in [0.2, 0.25) is 0 Å². The third-order valence-electron chi connectivity index (χ3n) is 2.67. The predicted octanol–water partition coefficient (Wildman–Crippen LogP) is 1.50. The molecule has 19 heavy (non-hydrogen) atoms. The van der Waals surface area contributed by atoms with Crippen molar-refractivity contribution in [1.29, 1.82) is 0 Å². The largest absolute Gasteiger partial charge is 0.416 e. The van der Waals surface area contributed by atoms with E-state index in [0.29, 0.717) is 5.56 Å². The fourth-order valence-corrected chi connectivity index (χ4v) is 1.63. The third kappa shape index (κ3) is 2.44. The highest BCUT2D eigenvalue weighted by Gasteiger charge is 2.30. The van der Waals surface area contributed by atoms with Crippen molar-refractivity contribution in [2.24, 2.45) is 0 Å². The molecule has 2 rings (SSSR count). The zero-order valence-electron chi connectivity index (χ0n) is 9.54. The Labute approximate surface area is 105 Å². The molecular weight excluding hydrogens is 261 g/mol. The Morgan fingerprint density at radius 3 is 2.42 bits per heavy atom. The highest BCUT2D eigenvalue weighted by molar-refractivity contribution is 5.71. The van der Waals surface area contributed by atoms with Gasteiger partial charge in [0.1, 0.15) is 11.4 Å². The molecule has 2 aromatic rings. The number of alkyl halides is 3. The minimum absolute atomic E-state index is 0.0149. The first-order valence-electron chi connectivity index (χ1n) is 5.29. The average molecular weight is 270 g/mol. The lowest BCUT2D eigenvalue weighted by molar-refractivity contribution is -0.137. The molecule has 0 saturated heterocycles. The van der Waals surface area contributed by atoms with E-state index in [4.69, 9.17) is 5.73 Å². The van der Waals surface area contributed by atoms with Gasteiger partial charge in [-0.1, -0.05) is 12.1 Å². The number of halogens is 3. The summed E-state index contributed by atoms with van der Waals surface area (Å²) in [4.78, 5) is 21.9. The minimum Gasteiger partial charge on any atom is -0.394 e. The van der Waals surface area contributed by atoms with Crippen LogP contribution in [0.4, 0.5) is 24.5 Å². The van der Waals surface area contributed by atoms with Gasteiger partial charge < -0.3 is 11.1 Å². The molecule has 0 aliphatic carbocycles. The summed E-state index contributed by atoms with van der Waals surface area (Å²) in [6.07, 6.45) is -4.42. The molecule has 0 aliphatic rings. The Balaban J connectivity index is 2.13. The van der Waals surface area contributed by atoms with Gasteiger partial charge in [0.15, 0.2) is 0 Å². The van der Waals surface area contributed by atoms with E-state index in [9.17, 15) is 22.8 Å². The molecule has 4 nitrogen and oxygen atoms in total. The Morgan fingerprint density at radius 2 is 1.84 bits per heavy atom. The quantitative estimate of drug-likeness (QED) is 0.829. The summed E-state index contributed by atoms with van der Waals surface area (Å²) in [5.74, 6) is 0. The summed E-state index contributed by atoms with van der Waals surface area (Å²) in [5.41, 5.74) is 3.11. The summed E-state index contributed by atoms with van der Waals surface area (Å²) in [6, 6.07) is 4.67. The van der Waals surface area contributed by atoms with Crippen molar-refractivity contribution >= 4 is 11.4 Å². The highest BCUT2D eigenvalue weighted by atomic mass is 19.4. The first-order chi connectivity index (χ1) is 8.80. The van der Waals surface area contributed by atoms with Crippen molar-refractivity contribution in [3.8, 4) is 0 Å². The van der Waals surface area contributed by atoms with Crippen LogP contribution in [0.2, 0.25) is 0 Å². The zero-order valence-corrected chi connectivity index (χ0v) is 9.54. The molecule has 0 aliphatic heterocycles. The summed E-state index contributed by atoms with van der Waals surface area (Å²) in [5, 5.41) is 2.56. The van der Waals surface area contributed by atoms with Crippen LogP contribution in [0.15, 0.2) is 33.9 Å². The van der Waals surface area contributed by atoms with Crippen molar-refractivity contribution in [3.63, 3.8) is 0 Å². The smallest absolute Gasteiger partial charge is 0.394 e. The maximum absolute atomic E-state index is 12.5. The van der Waals surface area contributed by atoms with E-state index in [1.54, 1.807) is 0 Å². The summed E-state index contributed by atoms with van der Waals surface area (Å²) in [6.45, 7) is -0.0149. The SMILES string of the molecule is Nc1c(NCc2cccc(C(F)(F)F)c2)c(=O)c1=O. The molecule has 0 spiro atoms. The van der Waals surface area contributed by atoms with E-state index in [1.165, 1.54) is 12.1 Å². The van der Waals surface area contributed by atoms with E-state index >= 15 is 0 Å². The molecule has 100 valence electrons. The van der Waals surface area contributed by atoms with Crippen molar-refractivity contribution in [1.82, 2.24) is 0 Å². The van der Waals surface area contributed by atoms with Crippen LogP contribution in [0, 0.1) is 0 Å². The van der Waals surface area contributed by atoms with Gasteiger partial charge in [0.25, 0.3) is 10.9 Å². The summed E-state index contributed by atoms with van der Waals surface area (Å²) < 4.78 is 37.4. The van der Waals surface area contributed by atoms with Gasteiger partial charge in [0.05, 0.1) is 5.56 Å². The van der Waals surface area contributed by atoms with E-state index in [1.807, 2.05) is 0 Å². The second kappa shape index (κ2) is 4.42. The number of nitrogen functional groups attached to an aromatic ring is 1. The first kappa shape index (κ1) is 13.1. The Morgan fingerprint density at radius 1 is 1.16 bits per heavy atom. The van der Waals surface area contributed by atoms with Gasteiger partial charge in [-0.3, -0.25) is 9.59 Å². The van der Waals surface area contributed by atoms with Crippen LogP contribution in [-0.2, 0) is 12.7 Å². The Bertz CT molecular complexity index is 685. The van der Waals surface area contributed by atoms with E-state index in [0.717, 1.165) is 12.1 Å². The fraction of sp³-hybridized carbons (Fsp3) is 0.167. The van der Waals surface area contributed by atoms with E-state index < -0.39 is 22.6 Å². The van der Waals surface area contributed by atoms with Gasteiger partial charge in [-0.2, -0.15) is 13.2 Å². The van der Waals surface area contributed by atoms with Crippen LogP contribution in [0.5, 0.6) is 0 Å². The van der Waals surface area contributed by atoms with Gasteiger partial charge in [-0.05, 0) is 17.7 Å². The maximum Gasteiger partial charge on any atom is 0.416 e. The monoisotopic (exact) mass is 270 g/mol. The molecule has 0 aromatic heterocycles. The molecule has 7 heteroatoms. The number of anilines is 2. The fourth-order valence-electron chi connectivity index (χ4n) is 1.63. The second-order valence-corrected chi connectivity index (χ2v) is 4.00. The van der Waals surface area contributed by atoms with Crippen molar-refractivity contribution in [2.75, 3.05) is 11.1 Å². The van der Waals surface area contributed by atoms with E-state index in [2.05, 4.69) is 5.32 Å². The van der Waals surface area contributed by atoms with Crippen molar-refractivity contribution in [3.05, 3.63) is 55.8 Å². The van der Waals surface area contributed by atoms with Crippen LogP contribution in [0.25, 0.3) is 0 Å². The predicted molar refractivity (Wildman–Crippen MR) is 64.5 cm³/mol. The Hall–Kier alpha value is -2.31. The van der Waals surface area contributed by atoms with Crippen molar-refractivity contribution < 1.29 is 13.2 Å². The first-order valence-corrected chi connectivity index (χ1v) is 5.29. The summed E-state index contributed by atoms with van der Waals surface area (Å²) in [7, 11) is 0. The molecule has 0 amide bonds. The van der Waals surface area contributed by atoms with Gasteiger partial charge in [-0.25, -0.2) is 0 Å². The van der Waals surface area contributed by atoms with Crippen LogP contribution >= 0.6 is 0 Å². The molecule has 0 unspecified atom stereocenters. The highest BCUT2D eigenvalue weighted by Crippen LogP contribution is 2.29. The lowest BCUT2D eigenvalue weighted by atomic mass is 10.1. The maximum atomic E-state index is 12.5. The van der Waals surface area contributed by atoms with Gasteiger partial charge >= 0.3 is 6.18 Å². The molecule has 0 heterocycles. The molecule has 2 aromatic carbocycles. The van der Waals surface area contributed by atoms with Crippen LogP contribution in [-0.4, -0.2) is 0 Å². The van der Waals surface area contributed by atoms with Crippen LogP contribution in [0.3, 0.4) is 0 Å². The topological polar surface area (TPSA) is 72.2 Å². The molecule has 0 radical (unpaired) electrons. The third-order valence-corrected chi connectivity index (χ3v) is 2.67. The van der Waals surface area contributed by atoms with E-state index in [-0.39, 0.29) is 17.9 Å². The normalized spacial score (nSPS) is 11.7.